The molecule has 2 atom stereocenters. The van der Waals surface area contributed by atoms with Gasteiger partial charge in [0.25, 0.3) is 0 Å². The third-order valence-corrected chi connectivity index (χ3v) is 7.40. The highest BCUT2D eigenvalue weighted by molar-refractivity contribution is 9.10. The third-order valence-electron chi connectivity index (χ3n) is 6.84. The van der Waals surface area contributed by atoms with Crippen molar-refractivity contribution in [1.29, 1.82) is 0 Å². The van der Waals surface area contributed by atoms with Gasteiger partial charge in [-0.15, -0.1) is 0 Å². The predicted octanol–water partition coefficient (Wildman–Crippen LogP) is 6.80. The Morgan fingerprint density at radius 2 is 1.85 bits per heavy atom. The van der Waals surface area contributed by atoms with Gasteiger partial charge in [-0.05, 0) is 71.1 Å². The van der Waals surface area contributed by atoms with E-state index in [0.29, 0.717) is 12.5 Å². The first kappa shape index (κ1) is 22.1. The van der Waals surface area contributed by atoms with Crippen molar-refractivity contribution in [2.24, 2.45) is 5.92 Å². The van der Waals surface area contributed by atoms with E-state index in [4.69, 9.17) is 4.98 Å². The number of aryl methyl sites for hydroxylation is 1. The summed E-state index contributed by atoms with van der Waals surface area (Å²) in [7, 11) is 0. The fraction of sp³-hybridized carbons (Fsp3) is 0.370. The van der Waals surface area contributed by atoms with Crippen molar-refractivity contribution in [3.63, 3.8) is 0 Å². The molecule has 1 N–H and O–H groups in total. The summed E-state index contributed by atoms with van der Waals surface area (Å²) in [4.78, 5) is 9.26. The number of rotatable bonds is 7. The molecule has 0 bridgehead atoms. The van der Waals surface area contributed by atoms with Crippen molar-refractivity contribution in [2.45, 2.75) is 57.4 Å². The van der Waals surface area contributed by atoms with Crippen LogP contribution in [0.15, 0.2) is 71.6 Å². The standard InChI is InChI=1S/C27H30BrN5/c28-24-19-31-33-26(30-18-22-9-5-15-29-17-22)16-25(32-27(24)33)23-10-4-8-21(13-14-23)12-11-20-6-2-1-3-7-20/h1-3,5-7,9,15-17,19,21,23,30H,4,8,10-14,18H2. The molecular formula is C27H30BrN5. The maximum absolute atomic E-state index is 5.04. The van der Waals surface area contributed by atoms with Gasteiger partial charge in [-0.3, -0.25) is 4.98 Å². The van der Waals surface area contributed by atoms with Crippen molar-refractivity contribution in [3.8, 4) is 0 Å². The molecule has 2 unspecified atom stereocenters. The lowest BCUT2D eigenvalue weighted by atomic mass is 9.91. The van der Waals surface area contributed by atoms with Crippen molar-refractivity contribution < 1.29 is 0 Å². The third kappa shape index (κ3) is 5.44. The van der Waals surface area contributed by atoms with Crippen LogP contribution < -0.4 is 5.32 Å². The van der Waals surface area contributed by atoms with Gasteiger partial charge >= 0.3 is 0 Å². The minimum Gasteiger partial charge on any atom is -0.366 e. The summed E-state index contributed by atoms with van der Waals surface area (Å²) in [5, 5.41) is 8.09. The number of nitrogens with zero attached hydrogens (tertiary/aromatic N) is 4. The number of pyridine rings is 1. The first-order valence-corrected chi connectivity index (χ1v) is 12.8. The van der Waals surface area contributed by atoms with Crippen LogP contribution in [0.1, 0.15) is 61.3 Å². The van der Waals surface area contributed by atoms with Gasteiger partial charge in [-0.25, -0.2) is 4.98 Å². The van der Waals surface area contributed by atoms with E-state index in [9.17, 15) is 0 Å². The zero-order valence-corrected chi connectivity index (χ0v) is 20.4. The molecule has 1 saturated carbocycles. The lowest BCUT2D eigenvalue weighted by molar-refractivity contribution is 0.425. The van der Waals surface area contributed by atoms with Crippen LogP contribution >= 0.6 is 15.9 Å². The fourth-order valence-electron chi connectivity index (χ4n) is 4.96. The second-order valence-electron chi connectivity index (χ2n) is 9.10. The summed E-state index contributed by atoms with van der Waals surface area (Å²) in [6.45, 7) is 0.704. The Labute approximate surface area is 203 Å². The van der Waals surface area contributed by atoms with Gasteiger partial charge in [-0.2, -0.15) is 9.61 Å². The normalized spacial score (nSPS) is 18.8. The summed E-state index contributed by atoms with van der Waals surface area (Å²) in [5.74, 6) is 2.29. The predicted molar refractivity (Wildman–Crippen MR) is 136 cm³/mol. The van der Waals surface area contributed by atoms with Crippen molar-refractivity contribution in [3.05, 3.63) is 88.4 Å². The largest absolute Gasteiger partial charge is 0.366 e. The van der Waals surface area contributed by atoms with Crippen LogP contribution in [-0.4, -0.2) is 19.6 Å². The molecule has 0 saturated heterocycles. The number of benzene rings is 1. The summed E-state index contributed by atoms with van der Waals surface area (Å²) < 4.78 is 2.83. The van der Waals surface area contributed by atoms with E-state index in [0.717, 1.165) is 27.4 Å². The number of nitrogens with one attached hydrogen (secondary N) is 1. The Hall–Kier alpha value is -2.73. The molecule has 1 aliphatic rings. The van der Waals surface area contributed by atoms with Gasteiger partial charge in [-0.1, -0.05) is 49.2 Å². The summed E-state index contributed by atoms with van der Waals surface area (Å²) in [6.07, 6.45) is 14.3. The van der Waals surface area contributed by atoms with E-state index in [1.165, 1.54) is 56.2 Å². The minimum absolute atomic E-state index is 0.498. The average molecular weight is 504 g/mol. The van der Waals surface area contributed by atoms with Crippen LogP contribution in [0.5, 0.6) is 0 Å². The van der Waals surface area contributed by atoms with Crippen LogP contribution in [0.3, 0.4) is 0 Å². The average Bonchev–Trinajstić information content (AvgIpc) is 3.08. The lowest BCUT2D eigenvalue weighted by Crippen LogP contribution is -2.10. The molecule has 6 heteroatoms. The molecule has 1 fully saturated rings. The molecule has 0 radical (unpaired) electrons. The van der Waals surface area contributed by atoms with Gasteiger partial charge in [0.15, 0.2) is 5.65 Å². The van der Waals surface area contributed by atoms with E-state index in [2.05, 4.69) is 73.8 Å². The first-order valence-electron chi connectivity index (χ1n) is 12.0. The minimum atomic E-state index is 0.498. The maximum Gasteiger partial charge on any atom is 0.171 e. The van der Waals surface area contributed by atoms with Crippen LogP contribution in [0.4, 0.5) is 5.82 Å². The number of anilines is 1. The molecule has 5 nitrogen and oxygen atoms in total. The van der Waals surface area contributed by atoms with E-state index in [1.807, 2.05) is 23.0 Å². The van der Waals surface area contributed by atoms with Gasteiger partial charge in [0, 0.05) is 36.6 Å². The smallest absolute Gasteiger partial charge is 0.171 e. The first-order chi connectivity index (χ1) is 16.3. The Morgan fingerprint density at radius 1 is 0.970 bits per heavy atom. The van der Waals surface area contributed by atoms with Crippen LogP contribution in [-0.2, 0) is 13.0 Å². The quantitative estimate of drug-likeness (QED) is 0.282. The van der Waals surface area contributed by atoms with E-state index in [1.54, 1.807) is 6.20 Å². The maximum atomic E-state index is 5.04. The molecule has 33 heavy (non-hydrogen) atoms. The number of aromatic nitrogens is 4. The monoisotopic (exact) mass is 503 g/mol. The van der Waals surface area contributed by atoms with Crippen molar-refractivity contribution in [1.82, 2.24) is 19.6 Å². The van der Waals surface area contributed by atoms with Crippen molar-refractivity contribution in [2.75, 3.05) is 5.32 Å². The molecule has 170 valence electrons. The Kier molecular flexibility index (Phi) is 7.01. The highest BCUT2D eigenvalue weighted by Gasteiger charge is 2.23. The molecule has 4 aromatic rings. The van der Waals surface area contributed by atoms with Gasteiger partial charge in [0.2, 0.25) is 0 Å². The molecule has 1 aliphatic carbocycles. The lowest BCUT2D eigenvalue weighted by Gasteiger charge is -2.17. The van der Waals surface area contributed by atoms with Gasteiger partial charge in [0.05, 0.1) is 10.7 Å². The summed E-state index contributed by atoms with van der Waals surface area (Å²) in [5.41, 5.74) is 4.67. The Morgan fingerprint density at radius 3 is 2.70 bits per heavy atom. The van der Waals surface area contributed by atoms with E-state index < -0.39 is 0 Å². The topological polar surface area (TPSA) is 55.1 Å². The number of fused-ring (bicyclic) bond motifs is 1. The van der Waals surface area contributed by atoms with Gasteiger partial charge in [0.1, 0.15) is 5.82 Å². The number of hydrogen-bond acceptors (Lipinski definition) is 4. The molecule has 1 aromatic carbocycles. The molecule has 5 rings (SSSR count). The summed E-state index contributed by atoms with van der Waals surface area (Å²) in [6, 6.07) is 17.2. The molecule has 3 heterocycles. The summed E-state index contributed by atoms with van der Waals surface area (Å²) >= 11 is 3.64. The highest BCUT2D eigenvalue weighted by Crippen LogP contribution is 2.36. The number of halogens is 1. The molecule has 0 spiro atoms. The Balaban J connectivity index is 1.30. The van der Waals surface area contributed by atoms with E-state index in [-0.39, 0.29) is 0 Å². The molecule has 0 aliphatic heterocycles. The zero-order chi connectivity index (χ0) is 22.5. The fourth-order valence-corrected chi connectivity index (χ4v) is 5.31. The second-order valence-corrected chi connectivity index (χ2v) is 9.96. The van der Waals surface area contributed by atoms with Gasteiger partial charge < -0.3 is 5.32 Å². The molecule has 3 aromatic heterocycles. The van der Waals surface area contributed by atoms with Crippen molar-refractivity contribution >= 4 is 27.4 Å². The molecule has 0 amide bonds. The highest BCUT2D eigenvalue weighted by atomic mass is 79.9. The second kappa shape index (κ2) is 10.5. The van der Waals surface area contributed by atoms with Crippen LogP contribution in [0, 0.1) is 5.92 Å². The van der Waals surface area contributed by atoms with E-state index >= 15 is 0 Å². The van der Waals surface area contributed by atoms with Crippen LogP contribution in [0.25, 0.3) is 5.65 Å². The Bertz CT molecular complexity index is 1180. The number of hydrogen-bond donors (Lipinski definition) is 1. The zero-order valence-electron chi connectivity index (χ0n) is 18.8. The molecular weight excluding hydrogens is 474 g/mol. The van der Waals surface area contributed by atoms with Crippen LogP contribution in [0.2, 0.25) is 0 Å². The SMILES string of the molecule is Brc1cnn2c(NCc3cccnc3)cc(C3CCCC(CCc4ccccc4)CC3)nc12.